The van der Waals surface area contributed by atoms with Gasteiger partial charge in [-0.25, -0.2) is 9.78 Å². The molecule has 0 radical (unpaired) electrons. The highest BCUT2D eigenvalue weighted by atomic mass is 16.5. The molecule has 7 nitrogen and oxygen atoms in total. The Morgan fingerprint density at radius 1 is 1.41 bits per heavy atom. The molecule has 2 aromatic rings. The van der Waals surface area contributed by atoms with E-state index in [1.807, 2.05) is 6.07 Å². The highest BCUT2D eigenvalue weighted by Gasteiger charge is 2.28. The van der Waals surface area contributed by atoms with Crippen molar-refractivity contribution in [2.75, 3.05) is 20.3 Å². The summed E-state index contributed by atoms with van der Waals surface area (Å²) in [7, 11) is 1.67. The van der Waals surface area contributed by atoms with E-state index in [-0.39, 0.29) is 31.4 Å². The van der Waals surface area contributed by atoms with Gasteiger partial charge in [0, 0.05) is 7.05 Å². The molecule has 1 aliphatic rings. The number of benzene rings is 1. The van der Waals surface area contributed by atoms with Crippen LogP contribution in [-0.4, -0.2) is 51.7 Å². The number of para-hydroxylation sites is 1. The molecule has 7 heteroatoms. The van der Waals surface area contributed by atoms with E-state index in [4.69, 9.17) is 9.84 Å². The fourth-order valence-corrected chi connectivity index (χ4v) is 2.48. The van der Waals surface area contributed by atoms with Crippen molar-refractivity contribution in [3.05, 3.63) is 47.5 Å². The third-order valence-electron chi connectivity index (χ3n) is 3.51. The molecule has 1 aromatic carbocycles. The summed E-state index contributed by atoms with van der Waals surface area (Å²) < 4.78 is 6.65. The standard InChI is InChI=1S/C15H15N3O4/c1-17-8-12-13(15(21)22-7-6-19)16-9-18(12)11-5-3-2-4-10(11)14(17)20/h2-5,9,19H,6-8H2,1H3. The van der Waals surface area contributed by atoms with Gasteiger partial charge >= 0.3 is 5.97 Å². The molecule has 0 aliphatic carbocycles. The summed E-state index contributed by atoms with van der Waals surface area (Å²) in [5.74, 6) is -0.725. The van der Waals surface area contributed by atoms with E-state index in [2.05, 4.69) is 4.98 Å². The number of ether oxygens (including phenoxy) is 1. The topological polar surface area (TPSA) is 84.7 Å². The summed E-state index contributed by atoms with van der Waals surface area (Å²) in [6, 6.07) is 7.17. The molecule has 2 heterocycles. The third kappa shape index (κ3) is 2.25. The van der Waals surface area contributed by atoms with Crippen molar-refractivity contribution in [3.63, 3.8) is 0 Å². The number of aliphatic hydroxyl groups excluding tert-OH is 1. The van der Waals surface area contributed by atoms with Crippen molar-refractivity contribution in [1.82, 2.24) is 14.5 Å². The van der Waals surface area contributed by atoms with Gasteiger partial charge in [0.1, 0.15) is 12.9 Å². The van der Waals surface area contributed by atoms with Crippen LogP contribution in [0.2, 0.25) is 0 Å². The fourth-order valence-electron chi connectivity index (χ4n) is 2.48. The van der Waals surface area contributed by atoms with Gasteiger partial charge in [0.2, 0.25) is 0 Å². The number of aromatic nitrogens is 2. The molecule has 0 fully saturated rings. The number of aliphatic hydroxyl groups is 1. The van der Waals surface area contributed by atoms with Gasteiger partial charge in [-0.05, 0) is 12.1 Å². The van der Waals surface area contributed by atoms with Gasteiger partial charge in [-0.1, -0.05) is 12.1 Å². The van der Waals surface area contributed by atoms with Crippen LogP contribution >= 0.6 is 0 Å². The van der Waals surface area contributed by atoms with Crippen LogP contribution in [-0.2, 0) is 11.3 Å². The minimum atomic E-state index is -0.608. The highest BCUT2D eigenvalue weighted by molar-refractivity contribution is 5.99. The number of imidazole rings is 1. The number of fused-ring (bicyclic) bond motifs is 3. The average Bonchev–Trinajstić information content (AvgIpc) is 2.91. The molecule has 0 atom stereocenters. The van der Waals surface area contributed by atoms with Gasteiger partial charge in [0.25, 0.3) is 5.91 Å². The van der Waals surface area contributed by atoms with Gasteiger partial charge in [0.15, 0.2) is 5.69 Å². The number of rotatable bonds is 3. The molecular formula is C15H15N3O4. The van der Waals surface area contributed by atoms with Crippen molar-refractivity contribution >= 4 is 11.9 Å². The second kappa shape index (κ2) is 5.61. The molecule has 1 amide bonds. The van der Waals surface area contributed by atoms with Crippen molar-refractivity contribution < 1.29 is 19.4 Å². The molecule has 0 unspecified atom stereocenters. The summed E-state index contributed by atoms with van der Waals surface area (Å²) >= 11 is 0. The Morgan fingerprint density at radius 2 is 2.18 bits per heavy atom. The molecule has 114 valence electrons. The van der Waals surface area contributed by atoms with Gasteiger partial charge in [-0.2, -0.15) is 0 Å². The first-order chi connectivity index (χ1) is 10.6. The minimum absolute atomic E-state index is 0.0868. The summed E-state index contributed by atoms with van der Waals surface area (Å²) in [4.78, 5) is 30.1. The Bertz CT molecular complexity index is 738. The summed E-state index contributed by atoms with van der Waals surface area (Å²) in [6.45, 7) is -0.0867. The lowest BCUT2D eigenvalue weighted by atomic mass is 10.1. The van der Waals surface area contributed by atoms with E-state index >= 15 is 0 Å². The zero-order valence-corrected chi connectivity index (χ0v) is 12.0. The normalized spacial score (nSPS) is 13.4. The lowest BCUT2D eigenvalue weighted by Gasteiger charge is -2.14. The van der Waals surface area contributed by atoms with Crippen molar-refractivity contribution in [3.8, 4) is 5.69 Å². The Balaban J connectivity index is 2.10. The van der Waals surface area contributed by atoms with Crippen molar-refractivity contribution in [2.45, 2.75) is 6.54 Å². The second-order valence-corrected chi connectivity index (χ2v) is 4.95. The van der Waals surface area contributed by atoms with Crippen LogP contribution in [0.4, 0.5) is 0 Å². The van der Waals surface area contributed by atoms with Crippen LogP contribution in [0.25, 0.3) is 5.69 Å². The predicted octanol–water partition coefficient (Wildman–Crippen LogP) is 0.607. The zero-order valence-electron chi connectivity index (χ0n) is 12.0. The maximum absolute atomic E-state index is 12.4. The number of hydrogen-bond acceptors (Lipinski definition) is 5. The largest absolute Gasteiger partial charge is 0.458 e. The number of hydrogen-bond donors (Lipinski definition) is 1. The van der Waals surface area contributed by atoms with Gasteiger partial charge in [0.05, 0.1) is 30.1 Å². The van der Waals surface area contributed by atoms with Gasteiger partial charge < -0.3 is 14.7 Å². The second-order valence-electron chi connectivity index (χ2n) is 4.95. The molecule has 0 saturated heterocycles. The summed E-state index contributed by atoms with van der Waals surface area (Å²) in [5, 5.41) is 8.75. The first kappa shape index (κ1) is 14.3. The third-order valence-corrected chi connectivity index (χ3v) is 3.51. The molecule has 3 rings (SSSR count). The van der Waals surface area contributed by atoms with Crippen LogP contribution in [0.15, 0.2) is 30.6 Å². The van der Waals surface area contributed by atoms with Crippen LogP contribution in [0.3, 0.4) is 0 Å². The Kier molecular flexibility index (Phi) is 3.64. The molecule has 1 aliphatic heterocycles. The van der Waals surface area contributed by atoms with Crippen LogP contribution in [0.1, 0.15) is 26.5 Å². The number of amides is 1. The van der Waals surface area contributed by atoms with E-state index in [9.17, 15) is 9.59 Å². The molecule has 1 aromatic heterocycles. The lowest BCUT2D eigenvalue weighted by Crippen LogP contribution is -2.26. The fraction of sp³-hybridized carbons (Fsp3) is 0.267. The number of carbonyl (C=O) groups excluding carboxylic acids is 2. The summed E-state index contributed by atoms with van der Waals surface area (Å²) in [6.07, 6.45) is 1.51. The van der Waals surface area contributed by atoms with Crippen molar-refractivity contribution in [1.29, 1.82) is 0 Å². The lowest BCUT2D eigenvalue weighted by molar-refractivity contribution is 0.0424. The molecule has 0 spiro atoms. The molecule has 0 saturated carbocycles. The quantitative estimate of drug-likeness (QED) is 0.840. The zero-order chi connectivity index (χ0) is 15.7. The number of esters is 1. The van der Waals surface area contributed by atoms with E-state index < -0.39 is 5.97 Å². The van der Waals surface area contributed by atoms with E-state index in [1.165, 1.54) is 11.2 Å². The Morgan fingerprint density at radius 3 is 2.95 bits per heavy atom. The molecule has 0 bridgehead atoms. The highest BCUT2D eigenvalue weighted by Crippen LogP contribution is 2.25. The number of carbonyl (C=O) groups is 2. The SMILES string of the molecule is CN1Cc2c(C(=O)OCCO)ncn2-c2ccccc2C1=O. The summed E-state index contributed by atoms with van der Waals surface area (Å²) in [5.41, 5.74) is 1.98. The Hall–Kier alpha value is -2.67. The van der Waals surface area contributed by atoms with E-state index in [0.29, 0.717) is 16.9 Å². The van der Waals surface area contributed by atoms with E-state index in [1.54, 1.807) is 29.8 Å². The predicted molar refractivity (Wildman–Crippen MR) is 76.7 cm³/mol. The molecular weight excluding hydrogens is 286 g/mol. The van der Waals surface area contributed by atoms with Crippen molar-refractivity contribution in [2.24, 2.45) is 0 Å². The van der Waals surface area contributed by atoms with Gasteiger partial charge in [-0.15, -0.1) is 0 Å². The monoisotopic (exact) mass is 301 g/mol. The first-order valence-electron chi connectivity index (χ1n) is 6.82. The maximum atomic E-state index is 12.4. The maximum Gasteiger partial charge on any atom is 0.358 e. The van der Waals surface area contributed by atoms with Crippen LogP contribution in [0.5, 0.6) is 0 Å². The number of nitrogens with zero attached hydrogens (tertiary/aromatic N) is 3. The Labute approximate surface area is 126 Å². The first-order valence-corrected chi connectivity index (χ1v) is 6.82. The molecule has 22 heavy (non-hydrogen) atoms. The average molecular weight is 301 g/mol. The van der Waals surface area contributed by atoms with E-state index in [0.717, 1.165) is 0 Å². The van der Waals surface area contributed by atoms with Crippen LogP contribution < -0.4 is 0 Å². The smallest absolute Gasteiger partial charge is 0.358 e. The van der Waals surface area contributed by atoms with Crippen LogP contribution in [0, 0.1) is 0 Å². The molecule has 1 N–H and O–H groups in total. The van der Waals surface area contributed by atoms with Gasteiger partial charge in [-0.3, -0.25) is 9.36 Å². The minimum Gasteiger partial charge on any atom is -0.458 e.